The van der Waals surface area contributed by atoms with Crippen molar-refractivity contribution in [3.05, 3.63) is 52.0 Å². The zero-order chi connectivity index (χ0) is 16.4. The summed E-state index contributed by atoms with van der Waals surface area (Å²) in [4.78, 5) is 14.2. The number of nitrogens with one attached hydrogen (secondary N) is 1. The van der Waals surface area contributed by atoms with Crippen LogP contribution >= 0.6 is 23.2 Å². The molecule has 0 aromatic heterocycles. The Bertz CT molecular complexity index is 722. The van der Waals surface area contributed by atoms with Crippen molar-refractivity contribution in [3.8, 4) is 0 Å². The van der Waals surface area contributed by atoms with Gasteiger partial charge in [-0.2, -0.15) is 0 Å². The molecule has 4 nitrogen and oxygen atoms in total. The van der Waals surface area contributed by atoms with Gasteiger partial charge in [-0.3, -0.25) is 4.79 Å². The molecule has 6 heteroatoms. The van der Waals surface area contributed by atoms with Gasteiger partial charge in [-0.05, 0) is 49.2 Å². The number of amides is 1. The molecule has 1 saturated heterocycles. The topological polar surface area (TPSA) is 58.4 Å². The van der Waals surface area contributed by atoms with E-state index in [0.717, 1.165) is 31.6 Å². The molecule has 120 valence electrons. The van der Waals surface area contributed by atoms with Gasteiger partial charge in [0, 0.05) is 34.4 Å². The first-order valence-electron chi connectivity index (χ1n) is 7.45. The van der Waals surface area contributed by atoms with E-state index in [-0.39, 0.29) is 5.91 Å². The fourth-order valence-corrected chi connectivity index (χ4v) is 3.22. The first kappa shape index (κ1) is 16.0. The van der Waals surface area contributed by atoms with E-state index in [1.807, 2.05) is 4.90 Å². The van der Waals surface area contributed by atoms with Crippen molar-refractivity contribution in [1.82, 2.24) is 4.90 Å². The summed E-state index contributed by atoms with van der Waals surface area (Å²) < 4.78 is 0. The third-order valence-corrected chi connectivity index (χ3v) is 4.27. The summed E-state index contributed by atoms with van der Waals surface area (Å²) in [6.45, 7) is 1.64. The molecule has 0 spiro atoms. The fraction of sp³-hybridized carbons (Fsp3) is 0.235. The van der Waals surface area contributed by atoms with E-state index in [9.17, 15) is 4.79 Å². The lowest BCUT2D eigenvalue weighted by Crippen LogP contribution is -2.27. The molecule has 1 aliphatic rings. The largest absolute Gasteiger partial charge is 0.397 e. The Morgan fingerprint density at radius 3 is 2.30 bits per heavy atom. The molecular weight excluding hydrogens is 333 g/mol. The summed E-state index contributed by atoms with van der Waals surface area (Å²) in [7, 11) is 0. The number of carbonyl (C=O) groups is 1. The van der Waals surface area contributed by atoms with Crippen molar-refractivity contribution in [2.24, 2.45) is 0 Å². The van der Waals surface area contributed by atoms with Gasteiger partial charge in [0.15, 0.2) is 0 Å². The summed E-state index contributed by atoms with van der Waals surface area (Å²) >= 11 is 12.0. The Hall–Kier alpha value is -1.91. The molecule has 0 atom stereocenters. The normalized spacial score (nSPS) is 14.1. The van der Waals surface area contributed by atoms with Crippen LogP contribution in [0.1, 0.15) is 23.2 Å². The molecule has 1 heterocycles. The fourth-order valence-electron chi connectivity index (χ4n) is 2.69. The number of nitrogens with two attached hydrogens (primary N) is 1. The van der Waals surface area contributed by atoms with Crippen LogP contribution in [-0.4, -0.2) is 23.9 Å². The van der Waals surface area contributed by atoms with Crippen molar-refractivity contribution >= 4 is 46.2 Å². The van der Waals surface area contributed by atoms with Crippen LogP contribution < -0.4 is 11.1 Å². The number of likely N-dealkylation sites (tertiary alicyclic amines) is 1. The number of nitrogen functional groups attached to an aromatic ring is 1. The summed E-state index contributed by atoms with van der Waals surface area (Å²) in [5.41, 5.74) is 8.65. The van der Waals surface area contributed by atoms with E-state index in [4.69, 9.17) is 28.9 Å². The van der Waals surface area contributed by atoms with E-state index in [2.05, 4.69) is 5.32 Å². The van der Waals surface area contributed by atoms with Crippen LogP contribution in [0.4, 0.5) is 17.1 Å². The van der Waals surface area contributed by atoms with Gasteiger partial charge in [-0.1, -0.05) is 23.2 Å². The van der Waals surface area contributed by atoms with Crippen molar-refractivity contribution in [2.45, 2.75) is 12.8 Å². The van der Waals surface area contributed by atoms with Gasteiger partial charge in [-0.15, -0.1) is 0 Å². The van der Waals surface area contributed by atoms with Crippen LogP contribution in [0, 0.1) is 0 Å². The van der Waals surface area contributed by atoms with E-state index in [1.165, 1.54) is 0 Å². The van der Waals surface area contributed by atoms with E-state index in [0.29, 0.717) is 27.0 Å². The van der Waals surface area contributed by atoms with Gasteiger partial charge in [0.05, 0.1) is 11.4 Å². The maximum atomic E-state index is 12.4. The van der Waals surface area contributed by atoms with Crippen LogP contribution in [0.15, 0.2) is 36.4 Å². The van der Waals surface area contributed by atoms with Gasteiger partial charge in [0.25, 0.3) is 5.91 Å². The molecule has 2 aromatic carbocycles. The molecule has 1 fully saturated rings. The van der Waals surface area contributed by atoms with Crippen LogP contribution in [0.3, 0.4) is 0 Å². The lowest BCUT2D eigenvalue weighted by atomic mass is 10.1. The number of benzene rings is 2. The van der Waals surface area contributed by atoms with Gasteiger partial charge in [-0.25, -0.2) is 0 Å². The van der Waals surface area contributed by atoms with Crippen LogP contribution in [0.25, 0.3) is 0 Å². The van der Waals surface area contributed by atoms with Crippen LogP contribution in [0.2, 0.25) is 10.0 Å². The summed E-state index contributed by atoms with van der Waals surface area (Å²) in [6, 6.07) is 10.5. The Morgan fingerprint density at radius 2 is 1.70 bits per heavy atom. The smallest absolute Gasteiger partial charge is 0.253 e. The Morgan fingerprint density at radius 1 is 1.04 bits per heavy atom. The number of halogens is 2. The second kappa shape index (κ2) is 6.69. The number of rotatable bonds is 3. The molecule has 0 unspecified atom stereocenters. The first-order chi connectivity index (χ1) is 11.0. The monoisotopic (exact) mass is 349 g/mol. The van der Waals surface area contributed by atoms with E-state index < -0.39 is 0 Å². The minimum Gasteiger partial charge on any atom is -0.397 e. The van der Waals surface area contributed by atoms with Gasteiger partial charge in [0.1, 0.15) is 0 Å². The standard InChI is InChI=1S/C17H17Cl2N3O/c18-12-8-13(19)10-14(9-12)21-16-4-3-11(7-15(16)20)17(23)22-5-1-2-6-22/h3-4,7-10,21H,1-2,5-6,20H2. The molecule has 0 aliphatic carbocycles. The molecule has 0 radical (unpaired) electrons. The highest BCUT2D eigenvalue weighted by Crippen LogP contribution is 2.29. The first-order valence-corrected chi connectivity index (χ1v) is 8.20. The molecule has 3 rings (SSSR count). The molecule has 0 bridgehead atoms. The molecular formula is C17H17Cl2N3O. The maximum absolute atomic E-state index is 12.4. The highest BCUT2D eigenvalue weighted by atomic mass is 35.5. The van der Waals surface area contributed by atoms with Crippen LogP contribution in [-0.2, 0) is 0 Å². The Kier molecular flexibility index (Phi) is 4.64. The van der Waals surface area contributed by atoms with Crippen molar-refractivity contribution < 1.29 is 4.79 Å². The summed E-state index contributed by atoms with van der Waals surface area (Å²) in [5, 5.41) is 4.25. The second-order valence-electron chi connectivity index (χ2n) is 5.58. The third-order valence-electron chi connectivity index (χ3n) is 3.83. The number of hydrogen-bond donors (Lipinski definition) is 2. The number of nitrogens with zero attached hydrogens (tertiary/aromatic N) is 1. The summed E-state index contributed by atoms with van der Waals surface area (Å²) in [5.74, 6) is 0.0338. The minimum absolute atomic E-state index is 0.0338. The quantitative estimate of drug-likeness (QED) is 0.798. The highest BCUT2D eigenvalue weighted by Gasteiger charge is 2.19. The molecule has 0 saturated carbocycles. The predicted molar refractivity (Wildman–Crippen MR) is 95.7 cm³/mol. The molecule has 2 aromatic rings. The lowest BCUT2D eigenvalue weighted by Gasteiger charge is -2.16. The molecule has 1 amide bonds. The van der Waals surface area contributed by atoms with Crippen LogP contribution in [0.5, 0.6) is 0 Å². The Labute approximate surface area is 145 Å². The highest BCUT2D eigenvalue weighted by molar-refractivity contribution is 6.35. The summed E-state index contributed by atoms with van der Waals surface area (Å²) in [6.07, 6.45) is 2.13. The maximum Gasteiger partial charge on any atom is 0.253 e. The molecule has 23 heavy (non-hydrogen) atoms. The van der Waals surface area contributed by atoms with Gasteiger partial charge >= 0.3 is 0 Å². The lowest BCUT2D eigenvalue weighted by molar-refractivity contribution is 0.0793. The van der Waals surface area contributed by atoms with Crippen molar-refractivity contribution in [1.29, 1.82) is 0 Å². The number of hydrogen-bond acceptors (Lipinski definition) is 3. The van der Waals surface area contributed by atoms with Gasteiger partial charge < -0.3 is 16.0 Å². The Balaban J connectivity index is 1.80. The zero-order valence-corrected chi connectivity index (χ0v) is 14.0. The van der Waals surface area contributed by atoms with Crippen molar-refractivity contribution in [3.63, 3.8) is 0 Å². The minimum atomic E-state index is 0.0338. The van der Waals surface area contributed by atoms with E-state index in [1.54, 1.807) is 36.4 Å². The van der Waals surface area contributed by atoms with Gasteiger partial charge in [0.2, 0.25) is 0 Å². The van der Waals surface area contributed by atoms with Crippen molar-refractivity contribution in [2.75, 3.05) is 24.1 Å². The SMILES string of the molecule is Nc1cc(C(=O)N2CCCC2)ccc1Nc1cc(Cl)cc(Cl)c1. The second-order valence-corrected chi connectivity index (χ2v) is 6.46. The third kappa shape index (κ3) is 3.71. The number of anilines is 3. The number of carbonyl (C=O) groups excluding carboxylic acids is 1. The average molecular weight is 350 g/mol. The zero-order valence-electron chi connectivity index (χ0n) is 12.5. The molecule has 3 N–H and O–H groups in total. The predicted octanol–water partition coefficient (Wildman–Crippen LogP) is 4.56. The average Bonchev–Trinajstić information content (AvgIpc) is 3.02. The van der Waals surface area contributed by atoms with E-state index >= 15 is 0 Å². The molecule has 1 aliphatic heterocycles.